The molecule has 1 amide bonds. The lowest BCUT2D eigenvalue weighted by Crippen LogP contribution is -2.34. The maximum Gasteiger partial charge on any atom is 0.269 e. The van der Waals surface area contributed by atoms with Crippen molar-refractivity contribution in [2.75, 3.05) is 25.5 Å². The van der Waals surface area contributed by atoms with Crippen molar-refractivity contribution < 1.29 is 9.53 Å². The monoisotopic (exact) mass is 291 g/mol. The summed E-state index contributed by atoms with van der Waals surface area (Å²) in [6, 6.07) is 5.43. The Balaban J connectivity index is 1.98. The smallest absolute Gasteiger partial charge is 0.269 e. The minimum absolute atomic E-state index is 0.139. The molecular weight excluding hydrogens is 266 g/mol. The Bertz CT molecular complexity index is 497. The van der Waals surface area contributed by atoms with Crippen LogP contribution in [-0.2, 0) is 4.74 Å². The van der Waals surface area contributed by atoms with E-state index >= 15 is 0 Å². The molecule has 5 heteroatoms. The van der Waals surface area contributed by atoms with Gasteiger partial charge in [-0.1, -0.05) is 26.8 Å². The quantitative estimate of drug-likeness (QED) is 0.893. The number of carbonyl (C=O) groups is 1. The number of nitrogens with zero attached hydrogens (tertiary/aromatic N) is 1. The van der Waals surface area contributed by atoms with Crippen LogP contribution in [0.15, 0.2) is 18.2 Å². The topological polar surface area (TPSA) is 63.2 Å². The molecule has 2 N–H and O–H groups in total. The molecule has 1 aromatic heterocycles. The highest BCUT2D eigenvalue weighted by atomic mass is 16.5. The van der Waals surface area contributed by atoms with Crippen LogP contribution in [0.25, 0.3) is 0 Å². The Morgan fingerprint density at radius 3 is 2.86 bits per heavy atom. The van der Waals surface area contributed by atoms with Crippen molar-refractivity contribution in [3.63, 3.8) is 0 Å². The third-order valence-electron chi connectivity index (χ3n) is 3.82. The van der Waals surface area contributed by atoms with Crippen LogP contribution in [0.1, 0.15) is 37.7 Å². The fraction of sp³-hybridized carbons (Fsp3) is 0.625. The van der Waals surface area contributed by atoms with Gasteiger partial charge in [0.1, 0.15) is 11.5 Å². The van der Waals surface area contributed by atoms with Crippen LogP contribution in [0.2, 0.25) is 0 Å². The number of amides is 1. The molecule has 0 saturated carbocycles. The number of rotatable bonds is 4. The van der Waals surface area contributed by atoms with E-state index in [4.69, 9.17) is 4.74 Å². The first-order chi connectivity index (χ1) is 9.91. The normalized spacial score (nSPS) is 22.1. The number of hydrogen-bond acceptors (Lipinski definition) is 4. The zero-order valence-corrected chi connectivity index (χ0v) is 13.3. The fourth-order valence-electron chi connectivity index (χ4n) is 2.82. The van der Waals surface area contributed by atoms with Crippen LogP contribution in [0.3, 0.4) is 0 Å². The fourth-order valence-corrected chi connectivity index (χ4v) is 2.82. The standard InChI is InChI=1S/C16H25N3O2/c1-16(2,3)14-11(8-9-21-14)10-18-13-7-5-6-12(19-13)15(20)17-4/h5-7,11,14H,8-10H2,1-4H3,(H,17,20)(H,18,19). The van der Waals surface area contributed by atoms with E-state index in [9.17, 15) is 4.79 Å². The van der Waals surface area contributed by atoms with Crippen molar-refractivity contribution in [2.24, 2.45) is 11.3 Å². The van der Waals surface area contributed by atoms with Gasteiger partial charge in [-0.2, -0.15) is 0 Å². The van der Waals surface area contributed by atoms with Gasteiger partial charge in [-0.15, -0.1) is 0 Å². The van der Waals surface area contributed by atoms with Gasteiger partial charge in [0.2, 0.25) is 0 Å². The van der Waals surface area contributed by atoms with Crippen molar-refractivity contribution >= 4 is 11.7 Å². The van der Waals surface area contributed by atoms with Gasteiger partial charge >= 0.3 is 0 Å². The molecule has 2 rings (SSSR count). The molecule has 0 bridgehead atoms. The van der Waals surface area contributed by atoms with E-state index in [1.54, 1.807) is 13.1 Å². The molecule has 5 nitrogen and oxygen atoms in total. The van der Waals surface area contributed by atoms with Gasteiger partial charge in [0.15, 0.2) is 0 Å². The predicted octanol–water partition coefficient (Wildman–Crippen LogP) is 2.30. The number of hydrogen-bond donors (Lipinski definition) is 2. The largest absolute Gasteiger partial charge is 0.377 e. The Kier molecular flexibility index (Phi) is 4.83. The summed E-state index contributed by atoms with van der Waals surface area (Å²) in [6.45, 7) is 8.26. The maximum atomic E-state index is 11.6. The van der Waals surface area contributed by atoms with Crippen LogP contribution >= 0.6 is 0 Å². The van der Waals surface area contributed by atoms with E-state index in [0.29, 0.717) is 11.6 Å². The summed E-state index contributed by atoms with van der Waals surface area (Å²) >= 11 is 0. The molecule has 0 radical (unpaired) electrons. The Morgan fingerprint density at radius 1 is 1.43 bits per heavy atom. The third-order valence-corrected chi connectivity index (χ3v) is 3.82. The lowest BCUT2D eigenvalue weighted by atomic mass is 9.81. The van der Waals surface area contributed by atoms with E-state index in [1.807, 2.05) is 12.1 Å². The van der Waals surface area contributed by atoms with E-state index in [0.717, 1.165) is 25.4 Å². The van der Waals surface area contributed by atoms with Gasteiger partial charge < -0.3 is 15.4 Å². The minimum atomic E-state index is -0.171. The molecule has 0 aromatic carbocycles. The van der Waals surface area contributed by atoms with Gasteiger partial charge in [-0.25, -0.2) is 4.98 Å². The van der Waals surface area contributed by atoms with E-state index in [-0.39, 0.29) is 17.4 Å². The number of ether oxygens (including phenoxy) is 1. The first-order valence-electron chi connectivity index (χ1n) is 7.46. The van der Waals surface area contributed by atoms with E-state index < -0.39 is 0 Å². The number of aromatic nitrogens is 1. The van der Waals surface area contributed by atoms with Crippen LogP contribution < -0.4 is 10.6 Å². The zero-order valence-electron chi connectivity index (χ0n) is 13.3. The average molecular weight is 291 g/mol. The first-order valence-corrected chi connectivity index (χ1v) is 7.46. The molecule has 2 heterocycles. The van der Waals surface area contributed by atoms with Gasteiger partial charge in [-0.05, 0) is 24.0 Å². The molecule has 1 aromatic rings. The molecule has 21 heavy (non-hydrogen) atoms. The highest BCUT2D eigenvalue weighted by Gasteiger charge is 2.36. The van der Waals surface area contributed by atoms with Crippen LogP contribution in [0.5, 0.6) is 0 Å². The maximum absolute atomic E-state index is 11.6. The molecule has 116 valence electrons. The minimum Gasteiger partial charge on any atom is -0.377 e. The van der Waals surface area contributed by atoms with Gasteiger partial charge in [0.05, 0.1) is 6.10 Å². The van der Waals surface area contributed by atoms with Gasteiger partial charge in [-0.3, -0.25) is 4.79 Å². The molecule has 0 spiro atoms. The molecular formula is C16H25N3O2. The molecule has 1 fully saturated rings. The van der Waals surface area contributed by atoms with Gasteiger partial charge in [0.25, 0.3) is 5.91 Å². The summed E-state index contributed by atoms with van der Waals surface area (Å²) in [5, 5.41) is 5.92. The molecule has 1 aliphatic heterocycles. The second-order valence-electron chi connectivity index (χ2n) is 6.57. The summed E-state index contributed by atoms with van der Waals surface area (Å²) in [5.74, 6) is 1.03. The number of pyridine rings is 1. The summed E-state index contributed by atoms with van der Waals surface area (Å²) in [7, 11) is 1.61. The summed E-state index contributed by atoms with van der Waals surface area (Å²) in [5.41, 5.74) is 0.567. The Labute approximate surface area is 126 Å². The van der Waals surface area contributed by atoms with Crippen molar-refractivity contribution in [2.45, 2.75) is 33.3 Å². The highest BCUT2D eigenvalue weighted by molar-refractivity contribution is 5.92. The lowest BCUT2D eigenvalue weighted by molar-refractivity contribution is 0.00956. The molecule has 1 aliphatic rings. The molecule has 2 unspecified atom stereocenters. The summed E-state index contributed by atoms with van der Waals surface area (Å²) in [6.07, 6.45) is 1.32. The van der Waals surface area contributed by atoms with Crippen molar-refractivity contribution in [1.82, 2.24) is 10.3 Å². The van der Waals surface area contributed by atoms with Crippen LogP contribution in [-0.4, -0.2) is 37.2 Å². The summed E-state index contributed by atoms with van der Waals surface area (Å²) < 4.78 is 5.87. The van der Waals surface area contributed by atoms with Crippen molar-refractivity contribution in [3.8, 4) is 0 Å². The summed E-state index contributed by atoms with van der Waals surface area (Å²) in [4.78, 5) is 15.9. The Morgan fingerprint density at radius 2 is 2.19 bits per heavy atom. The second-order valence-corrected chi connectivity index (χ2v) is 6.57. The molecule has 0 aliphatic carbocycles. The number of carbonyl (C=O) groups excluding carboxylic acids is 1. The first kappa shape index (κ1) is 15.8. The van der Waals surface area contributed by atoms with Gasteiger partial charge in [0, 0.05) is 26.1 Å². The molecule has 1 saturated heterocycles. The SMILES string of the molecule is CNC(=O)c1cccc(NCC2CCOC2C(C)(C)C)n1. The number of nitrogens with one attached hydrogen (secondary N) is 2. The number of anilines is 1. The van der Waals surface area contributed by atoms with E-state index in [2.05, 4.69) is 36.4 Å². The Hall–Kier alpha value is -1.62. The highest BCUT2D eigenvalue weighted by Crippen LogP contribution is 2.34. The van der Waals surface area contributed by atoms with Crippen LogP contribution in [0.4, 0.5) is 5.82 Å². The zero-order chi connectivity index (χ0) is 15.5. The van der Waals surface area contributed by atoms with Crippen molar-refractivity contribution in [1.29, 1.82) is 0 Å². The van der Waals surface area contributed by atoms with Crippen LogP contribution in [0, 0.1) is 11.3 Å². The predicted molar refractivity (Wildman–Crippen MR) is 83.4 cm³/mol. The second kappa shape index (κ2) is 6.43. The van der Waals surface area contributed by atoms with E-state index in [1.165, 1.54) is 0 Å². The lowest BCUT2D eigenvalue weighted by Gasteiger charge is -2.31. The van der Waals surface area contributed by atoms with Crippen molar-refractivity contribution in [3.05, 3.63) is 23.9 Å². The third kappa shape index (κ3) is 3.94. The molecule has 2 atom stereocenters. The average Bonchev–Trinajstić information content (AvgIpc) is 2.93.